The Morgan fingerprint density at radius 3 is 2.89 bits per heavy atom. The standard InChI is InChI=1S/C14H23N3S/c1-12(2)3-6-17-7-4-13(5-8-17)15-9-14-10-18-11-16-14/h3,10-11,13,15H,4-9H2,1-2H3. The quantitative estimate of drug-likeness (QED) is 0.830. The molecule has 1 aromatic rings. The third kappa shape index (κ3) is 4.52. The zero-order valence-corrected chi connectivity index (χ0v) is 12.2. The molecule has 0 unspecified atom stereocenters. The smallest absolute Gasteiger partial charge is 0.0795 e. The number of likely N-dealkylation sites (tertiary alicyclic amines) is 1. The molecule has 1 aromatic heterocycles. The molecule has 2 rings (SSSR count). The first kappa shape index (κ1) is 13.7. The maximum atomic E-state index is 4.30. The van der Waals surface area contributed by atoms with Crippen LogP contribution in [-0.4, -0.2) is 35.6 Å². The van der Waals surface area contributed by atoms with Gasteiger partial charge in [0.25, 0.3) is 0 Å². The van der Waals surface area contributed by atoms with Crippen LogP contribution in [-0.2, 0) is 6.54 Å². The monoisotopic (exact) mass is 265 g/mol. The molecule has 4 heteroatoms. The van der Waals surface area contributed by atoms with E-state index in [4.69, 9.17) is 0 Å². The van der Waals surface area contributed by atoms with Crippen LogP contribution in [0.4, 0.5) is 0 Å². The Kier molecular flexibility index (Phi) is 5.35. The molecule has 0 aliphatic carbocycles. The van der Waals surface area contributed by atoms with E-state index >= 15 is 0 Å². The summed E-state index contributed by atoms with van der Waals surface area (Å²) in [6, 6.07) is 0.662. The summed E-state index contributed by atoms with van der Waals surface area (Å²) in [4.78, 5) is 6.84. The molecular weight excluding hydrogens is 242 g/mol. The summed E-state index contributed by atoms with van der Waals surface area (Å²) < 4.78 is 0. The summed E-state index contributed by atoms with van der Waals surface area (Å²) in [5.41, 5.74) is 4.49. The van der Waals surface area contributed by atoms with E-state index in [0.29, 0.717) is 6.04 Å². The molecule has 0 bridgehead atoms. The van der Waals surface area contributed by atoms with E-state index in [9.17, 15) is 0 Å². The molecule has 1 N–H and O–H groups in total. The minimum atomic E-state index is 0.662. The van der Waals surface area contributed by atoms with E-state index in [1.807, 2.05) is 5.51 Å². The average molecular weight is 265 g/mol. The largest absolute Gasteiger partial charge is 0.308 e. The third-order valence-corrected chi connectivity index (χ3v) is 4.04. The average Bonchev–Trinajstić information content (AvgIpc) is 2.88. The second kappa shape index (κ2) is 7.02. The van der Waals surface area contributed by atoms with Crippen molar-refractivity contribution in [3.05, 3.63) is 28.2 Å². The van der Waals surface area contributed by atoms with Crippen LogP contribution in [0.2, 0.25) is 0 Å². The first-order valence-corrected chi connectivity index (χ1v) is 7.64. The zero-order chi connectivity index (χ0) is 12.8. The fourth-order valence-electron chi connectivity index (χ4n) is 2.21. The molecule has 0 spiro atoms. The van der Waals surface area contributed by atoms with Crippen molar-refractivity contribution >= 4 is 11.3 Å². The van der Waals surface area contributed by atoms with Crippen molar-refractivity contribution in [2.75, 3.05) is 19.6 Å². The van der Waals surface area contributed by atoms with Crippen LogP contribution in [0.15, 0.2) is 22.5 Å². The van der Waals surface area contributed by atoms with Crippen LogP contribution < -0.4 is 5.32 Å². The van der Waals surface area contributed by atoms with Crippen LogP contribution in [0.25, 0.3) is 0 Å². The van der Waals surface area contributed by atoms with Crippen molar-refractivity contribution in [1.29, 1.82) is 0 Å². The van der Waals surface area contributed by atoms with Gasteiger partial charge in [0, 0.05) is 24.5 Å². The summed E-state index contributed by atoms with van der Waals surface area (Å²) in [6.07, 6.45) is 4.82. The Balaban J connectivity index is 1.65. The first-order valence-electron chi connectivity index (χ1n) is 6.70. The lowest BCUT2D eigenvalue weighted by Crippen LogP contribution is -2.42. The first-order chi connectivity index (χ1) is 8.74. The summed E-state index contributed by atoms with van der Waals surface area (Å²) >= 11 is 1.67. The predicted octanol–water partition coefficient (Wildman–Crippen LogP) is 2.66. The van der Waals surface area contributed by atoms with Crippen LogP contribution in [0, 0.1) is 0 Å². The van der Waals surface area contributed by atoms with Crippen molar-refractivity contribution in [2.45, 2.75) is 39.3 Å². The van der Waals surface area contributed by atoms with Gasteiger partial charge in [-0.3, -0.25) is 4.90 Å². The number of aromatic nitrogens is 1. The number of rotatable bonds is 5. The molecule has 1 saturated heterocycles. The van der Waals surface area contributed by atoms with Gasteiger partial charge in [0.05, 0.1) is 11.2 Å². The second-order valence-electron chi connectivity index (χ2n) is 5.22. The Morgan fingerprint density at radius 2 is 2.28 bits per heavy atom. The molecule has 0 amide bonds. The van der Waals surface area contributed by atoms with Crippen LogP contribution >= 0.6 is 11.3 Å². The van der Waals surface area contributed by atoms with Gasteiger partial charge in [-0.15, -0.1) is 11.3 Å². The highest BCUT2D eigenvalue weighted by Crippen LogP contribution is 2.11. The van der Waals surface area contributed by atoms with E-state index in [1.54, 1.807) is 11.3 Å². The van der Waals surface area contributed by atoms with Gasteiger partial charge in [-0.05, 0) is 39.8 Å². The Morgan fingerprint density at radius 1 is 1.50 bits per heavy atom. The molecule has 1 aliphatic rings. The number of thiazole rings is 1. The van der Waals surface area contributed by atoms with Crippen molar-refractivity contribution in [1.82, 2.24) is 15.2 Å². The number of nitrogens with zero attached hydrogens (tertiary/aromatic N) is 2. The second-order valence-corrected chi connectivity index (χ2v) is 5.94. The van der Waals surface area contributed by atoms with Gasteiger partial charge in [0.15, 0.2) is 0 Å². The van der Waals surface area contributed by atoms with Crippen LogP contribution in [0.1, 0.15) is 32.4 Å². The maximum absolute atomic E-state index is 4.30. The van der Waals surface area contributed by atoms with Gasteiger partial charge < -0.3 is 5.32 Å². The fourth-order valence-corrected chi connectivity index (χ4v) is 2.76. The number of piperidine rings is 1. The third-order valence-electron chi connectivity index (χ3n) is 3.40. The molecule has 3 nitrogen and oxygen atoms in total. The van der Waals surface area contributed by atoms with Gasteiger partial charge in [0.1, 0.15) is 0 Å². The lowest BCUT2D eigenvalue weighted by atomic mass is 10.0. The molecule has 0 atom stereocenters. The number of allylic oxidation sites excluding steroid dienone is 1. The Labute approximate surface area is 114 Å². The van der Waals surface area contributed by atoms with Gasteiger partial charge >= 0.3 is 0 Å². The maximum Gasteiger partial charge on any atom is 0.0795 e. The minimum Gasteiger partial charge on any atom is -0.308 e. The molecule has 18 heavy (non-hydrogen) atoms. The molecule has 0 radical (unpaired) electrons. The molecule has 0 aromatic carbocycles. The molecule has 1 fully saturated rings. The van der Waals surface area contributed by atoms with Crippen molar-refractivity contribution < 1.29 is 0 Å². The SMILES string of the molecule is CC(C)=CCN1CCC(NCc2cscn2)CC1. The highest BCUT2D eigenvalue weighted by molar-refractivity contribution is 7.07. The highest BCUT2D eigenvalue weighted by atomic mass is 32.1. The van der Waals surface area contributed by atoms with Crippen LogP contribution in [0.3, 0.4) is 0 Å². The Hall–Kier alpha value is -0.710. The van der Waals surface area contributed by atoms with Crippen molar-refractivity contribution in [2.24, 2.45) is 0 Å². The van der Waals surface area contributed by atoms with Gasteiger partial charge in [-0.1, -0.05) is 11.6 Å². The van der Waals surface area contributed by atoms with Gasteiger partial charge in [-0.25, -0.2) is 4.98 Å². The van der Waals surface area contributed by atoms with E-state index < -0.39 is 0 Å². The van der Waals surface area contributed by atoms with E-state index in [2.05, 4.69) is 40.5 Å². The predicted molar refractivity (Wildman–Crippen MR) is 77.8 cm³/mol. The molecule has 0 saturated carbocycles. The highest BCUT2D eigenvalue weighted by Gasteiger charge is 2.17. The summed E-state index contributed by atoms with van der Waals surface area (Å²) in [7, 11) is 0. The number of nitrogens with one attached hydrogen (secondary N) is 1. The molecule has 2 heterocycles. The Bertz CT molecular complexity index is 360. The van der Waals surface area contributed by atoms with Crippen molar-refractivity contribution in [3.8, 4) is 0 Å². The molecule has 100 valence electrons. The summed E-state index contributed by atoms with van der Waals surface area (Å²) in [5.74, 6) is 0. The number of hydrogen-bond acceptors (Lipinski definition) is 4. The lowest BCUT2D eigenvalue weighted by molar-refractivity contribution is 0.214. The summed E-state index contributed by atoms with van der Waals surface area (Å²) in [5, 5.41) is 5.73. The normalized spacial score (nSPS) is 17.9. The topological polar surface area (TPSA) is 28.2 Å². The van der Waals surface area contributed by atoms with Crippen molar-refractivity contribution in [3.63, 3.8) is 0 Å². The zero-order valence-electron chi connectivity index (χ0n) is 11.4. The molecule has 1 aliphatic heterocycles. The van der Waals surface area contributed by atoms with E-state index in [1.165, 1.54) is 37.2 Å². The number of hydrogen-bond donors (Lipinski definition) is 1. The van der Waals surface area contributed by atoms with Gasteiger partial charge in [-0.2, -0.15) is 0 Å². The minimum absolute atomic E-state index is 0.662. The van der Waals surface area contributed by atoms with E-state index in [-0.39, 0.29) is 0 Å². The van der Waals surface area contributed by atoms with E-state index in [0.717, 1.165) is 13.1 Å². The van der Waals surface area contributed by atoms with Gasteiger partial charge in [0.2, 0.25) is 0 Å². The lowest BCUT2D eigenvalue weighted by Gasteiger charge is -2.31. The summed E-state index contributed by atoms with van der Waals surface area (Å²) in [6.45, 7) is 8.78. The fraction of sp³-hybridized carbons (Fsp3) is 0.643. The molecular formula is C14H23N3S. The van der Waals surface area contributed by atoms with Crippen LogP contribution in [0.5, 0.6) is 0 Å².